The Morgan fingerprint density at radius 2 is 2.06 bits per heavy atom. The molecule has 0 saturated heterocycles. The van der Waals surface area contributed by atoms with Gasteiger partial charge in [-0.05, 0) is 12.0 Å². The van der Waals surface area contributed by atoms with E-state index < -0.39 is 0 Å². The number of rotatable bonds is 2. The van der Waals surface area contributed by atoms with Gasteiger partial charge in [-0.25, -0.2) is 19.9 Å². The topological polar surface area (TPSA) is 77.6 Å². The van der Waals surface area contributed by atoms with Crippen LogP contribution < -0.4 is 5.73 Å². The van der Waals surface area contributed by atoms with Crippen molar-refractivity contribution in [3.8, 4) is 11.5 Å². The standard InChI is InChI=1S/C11H13N5/c1-7(2)9-5-10(12)16-11(15-9)8-3-4-13-6-14-8/h3-7H,1-2H3,(H2,12,15,16). The summed E-state index contributed by atoms with van der Waals surface area (Å²) in [6, 6.07) is 3.55. The van der Waals surface area contributed by atoms with Crippen LogP contribution in [0.1, 0.15) is 25.5 Å². The van der Waals surface area contributed by atoms with Gasteiger partial charge in [0.1, 0.15) is 17.8 Å². The molecule has 2 heterocycles. The lowest BCUT2D eigenvalue weighted by molar-refractivity contribution is 0.817. The minimum absolute atomic E-state index is 0.311. The third kappa shape index (κ3) is 2.13. The molecule has 0 aliphatic rings. The number of anilines is 1. The van der Waals surface area contributed by atoms with Gasteiger partial charge in [-0.15, -0.1) is 0 Å². The Morgan fingerprint density at radius 3 is 2.69 bits per heavy atom. The molecule has 2 aromatic heterocycles. The highest BCUT2D eigenvalue weighted by Gasteiger charge is 2.08. The van der Waals surface area contributed by atoms with Crippen LogP contribution in [0.2, 0.25) is 0 Å². The first-order valence-corrected chi connectivity index (χ1v) is 5.07. The summed E-state index contributed by atoms with van der Waals surface area (Å²) in [5, 5.41) is 0. The lowest BCUT2D eigenvalue weighted by Crippen LogP contribution is -2.02. The van der Waals surface area contributed by atoms with Crippen molar-refractivity contribution >= 4 is 5.82 Å². The number of nitrogens with two attached hydrogens (primary N) is 1. The van der Waals surface area contributed by atoms with Gasteiger partial charge in [0.05, 0.1) is 0 Å². The molecule has 0 aromatic carbocycles. The van der Waals surface area contributed by atoms with Crippen molar-refractivity contribution in [1.29, 1.82) is 0 Å². The van der Waals surface area contributed by atoms with Gasteiger partial charge >= 0.3 is 0 Å². The summed E-state index contributed by atoms with van der Waals surface area (Å²) < 4.78 is 0. The highest BCUT2D eigenvalue weighted by Crippen LogP contribution is 2.18. The Hall–Kier alpha value is -2.04. The average Bonchev–Trinajstić information content (AvgIpc) is 2.29. The lowest BCUT2D eigenvalue weighted by atomic mass is 10.1. The second kappa shape index (κ2) is 4.22. The van der Waals surface area contributed by atoms with Crippen LogP contribution in [0.3, 0.4) is 0 Å². The summed E-state index contributed by atoms with van der Waals surface area (Å²) in [5.41, 5.74) is 7.34. The van der Waals surface area contributed by atoms with Gasteiger partial charge in [-0.2, -0.15) is 0 Å². The lowest BCUT2D eigenvalue weighted by Gasteiger charge is -2.07. The molecule has 2 N–H and O–H groups in total. The number of nitrogen functional groups attached to an aromatic ring is 1. The molecule has 0 aliphatic carbocycles. The fraction of sp³-hybridized carbons (Fsp3) is 0.273. The van der Waals surface area contributed by atoms with Gasteiger partial charge in [0.25, 0.3) is 0 Å². The maximum absolute atomic E-state index is 5.74. The van der Waals surface area contributed by atoms with Crippen molar-refractivity contribution in [3.63, 3.8) is 0 Å². The Labute approximate surface area is 93.8 Å². The van der Waals surface area contributed by atoms with Gasteiger partial charge in [0.2, 0.25) is 0 Å². The second-order valence-corrected chi connectivity index (χ2v) is 3.79. The van der Waals surface area contributed by atoms with Crippen molar-refractivity contribution in [2.75, 3.05) is 5.73 Å². The van der Waals surface area contributed by atoms with E-state index in [1.165, 1.54) is 6.33 Å². The van der Waals surface area contributed by atoms with E-state index in [9.17, 15) is 0 Å². The molecule has 0 aliphatic heterocycles. The molecule has 82 valence electrons. The van der Waals surface area contributed by atoms with E-state index >= 15 is 0 Å². The molecule has 5 heteroatoms. The molecule has 0 saturated carbocycles. The van der Waals surface area contributed by atoms with E-state index in [4.69, 9.17) is 5.73 Å². The normalized spacial score (nSPS) is 10.7. The maximum Gasteiger partial charge on any atom is 0.180 e. The SMILES string of the molecule is CC(C)c1cc(N)nc(-c2ccncn2)n1. The number of hydrogen-bond donors (Lipinski definition) is 1. The summed E-state index contributed by atoms with van der Waals surface area (Å²) in [5.74, 6) is 1.32. The maximum atomic E-state index is 5.74. The number of nitrogens with zero attached hydrogens (tertiary/aromatic N) is 4. The first-order valence-electron chi connectivity index (χ1n) is 5.07. The first kappa shape index (κ1) is 10.5. The molecule has 0 fully saturated rings. The molecule has 5 nitrogen and oxygen atoms in total. The van der Waals surface area contributed by atoms with Crippen LogP contribution in [-0.4, -0.2) is 19.9 Å². The predicted octanol–water partition coefficient (Wildman–Crippen LogP) is 1.64. The van der Waals surface area contributed by atoms with Gasteiger partial charge in [0.15, 0.2) is 5.82 Å². The van der Waals surface area contributed by atoms with E-state index in [-0.39, 0.29) is 0 Å². The molecule has 2 aromatic rings. The van der Waals surface area contributed by atoms with Crippen LogP contribution in [-0.2, 0) is 0 Å². The van der Waals surface area contributed by atoms with E-state index in [0.717, 1.165) is 5.69 Å². The summed E-state index contributed by atoms with van der Waals surface area (Å²) in [6.07, 6.45) is 3.13. The third-order valence-corrected chi connectivity index (χ3v) is 2.17. The van der Waals surface area contributed by atoms with E-state index in [1.54, 1.807) is 18.3 Å². The van der Waals surface area contributed by atoms with E-state index in [2.05, 4.69) is 33.8 Å². The summed E-state index contributed by atoms with van der Waals surface area (Å²) in [6.45, 7) is 4.12. The van der Waals surface area contributed by atoms with Gasteiger partial charge < -0.3 is 5.73 Å². The molecule has 0 radical (unpaired) electrons. The summed E-state index contributed by atoms with van der Waals surface area (Å²) in [7, 11) is 0. The van der Waals surface area contributed by atoms with Crippen molar-refractivity contribution in [2.24, 2.45) is 0 Å². The molecular weight excluding hydrogens is 202 g/mol. The predicted molar refractivity (Wildman–Crippen MR) is 61.6 cm³/mol. The van der Waals surface area contributed by atoms with Crippen molar-refractivity contribution < 1.29 is 0 Å². The van der Waals surface area contributed by atoms with Crippen LogP contribution >= 0.6 is 0 Å². The number of hydrogen-bond acceptors (Lipinski definition) is 5. The molecule has 2 rings (SSSR count). The Balaban J connectivity index is 2.50. The van der Waals surface area contributed by atoms with Gasteiger partial charge in [-0.3, -0.25) is 0 Å². The fourth-order valence-corrected chi connectivity index (χ4v) is 1.32. The molecule has 0 bridgehead atoms. The summed E-state index contributed by atoms with van der Waals surface area (Å²) >= 11 is 0. The third-order valence-electron chi connectivity index (χ3n) is 2.17. The monoisotopic (exact) mass is 215 g/mol. The van der Waals surface area contributed by atoms with Crippen LogP contribution in [0.15, 0.2) is 24.7 Å². The first-order chi connectivity index (χ1) is 7.66. The highest BCUT2D eigenvalue weighted by molar-refractivity contribution is 5.51. The van der Waals surface area contributed by atoms with Crippen LogP contribution in [0.4, 0.5) is 5.82 Å². The molecule has 0 spiro atoms. The zero-order chi connectivity index (χ0) is 11.5. The Kier molecular flexibility index (Phi) is 2.76. The average molecular weight is 215 g/mol. The minimum atomic E-state index is 0.311. The quantitative estimate of drug-likeness (QED) is 0.823. The molecule has 0 unspecified atom stereocenters. The van der Waals surface area contributed by atoms with Crippen LogP contribution in [0.5, 0.6) is 0 Å². The Morgan fingerprint density at radius 1 is 1.25 bits per heavy atom. The largest absolute Gasteiger partial charge is 0.384 e. The molecule has 0 amide bonds. The van der Waals surface area contributed by atoms with Crippen LogP contribution in [0, 0.1) is 0 Å². The zero-order valence-electron chi connectivity index (χ0n) is 9.25. The molecule has 0 atom stereocenters. The zero-order valence-corrected chi connectivity index (χ0v) is 9.25. The van der Waals surface area contributed by atoms with E-state index in [0.29, 0.717) is 23.3 Å². The van der Waals surface area contributed by atoms with E-state index in [1.807, 2.05) is 0 Å². The van der Waals surface area contributed by atoms with Crippen molar-refractivity contribution in [2.45, 2.75) is 19.8 Å². The molecular formula is C11H13N5. The van der Waals surface area contributed by atoms with Gasteiger partial charge in [0, 0.05) is 18.0 Å². The van der Waals surface area contributed by atoms with Crippen LogP contribution in [0.25, 0.3) is 11.5 Å². The fourth-order valence-electron chi connectivity index (χ4n) is 1.32. The summed E-state index contributed by atoms with van der Waals surface area (Å²) in [4.78, 5) is 16.5. The van der Waals surface area contributed by atoms with Crippen molar-refractivity contribution in [3.05, 3.63) is 30.4 Å². The number of aromatic nitrogens is 4. The smallest absolute Gasteiger partial charge is 0.180 e. The Bertz CT molecular complexity index is 481. The minimum Gasteiger partial charge on any atom is -0.384 e. The second-order valence-electron chi connectivity index (χ2n) is 3.79. The van der Waals surface area contributed by atoms with Crippen molar-refractivity contribution in [1.82, 2.24) is 19.9 Å². The molecule has 16 heavy (non-hydrogen) atoms. The highest BCUT2D eigenvalue weighted by atomic mass is 15.0. The van der Waals surface area contributed by atoms with Gasteiger partial charge in [-0.1, -0.05) is 13.8 Å².